The molecule has 1 unspecified atom stereocenters. The van der Waals surface area contributed by atoms with Gasteiger partial charge in [-0.3, -0.25) is 0 Å². The summed E-state index contributed by atoms with van der Waals surface area (Å²) in [7, 11) is 4.22. The van der Waals surface area contributed by atoms with Gasteiger partial charge < -0.3 is 0 Å². The molecular formula is C4H11NSe2. The van der Waals surface area contributed by atoms with Gasteiger partial charge in [0.05, 0.1) is 0 Å². The first-order valence-corrected chi connectivity index (χ1v) is 7.88. The summed E-state index contributed by atoms with van der Waals surface area (Å²) >= 11 is 3.37. The number of nitrogens with zero attached hydrogens (tertiary/aromatic N) is 1. The average molecular weight is 231 g/mol. The molecule has 0 N–H and O–H groups in total. The summed E-state index contributed by atoms with van der Waals surface area (Å²) in [5.41, 5.74) is 0. The summed E-state index contributed by atoms with van der Waals surface area (Å²) in [5.74, 6) is 0. The van der Waals surface area contributed by atoms with Gasteiger partial charge in [-0.25, -0.2) is 0 Å². The Labute approximate surface area is 58.4 Å². The molecule has 0 amide bonds. The van der Waals surface area contributed by atoms with Crippen molar-refractivity contribution in [2.75, 3.05) is 14.1 Å². The van der Waals surface area contributed by atoms with Crippen molar-refractivity contribution in [2.24, 2.45) is 0 Å². The zero-order chi connectivity index (χ0) is 5.86. The molecule has 0 aliphatic carbocycles. The van der Waals surface area contributed by atoms with E-state index >= 15 is 0 Å². The average Bonchev–Trinajstić information content (AvgIpc) is 1.65. The molecule has 0 spiro atoms. The van der Waals surface area contributed by atoms with Crippen LogP contribution in [-0.4, -0.2) is 51.3 Å². The van der Waals surface area contributed by atoms with Crippen LogP contribution in [0.2, 0.25) is 0 Å². The van der Waals surface area contributed by atoms with E-state index < -0.39 is 0 Å². The van der Waals surface area contributed by atoms with Gasteiger partial charge in [-0.05, 0) is 0 Å². The van der Waals surface area contributed by atoms with E-state index in [1.54, 1.807) is 0 Å². The van der Waals surface area contributed by atoms with Crippen LogP contribution in [0.5, 0.6) is 0 Å². The fourth-order valence-electron chi connectivity index (χ4n) is 0.0943. The predicted molar refractivity (Wildman–Crippen MR) is 36.1 cm³/mol. The summed E-state index contributed by atoms with van der Waals surface area (Å²) in [6.45, 7) is 2.23. The number of hydrogen-bond acceptors (Lipinski definition) is 1. The van der Waals surface area contributed by atoms with Gasteiger partial charge in [-0.2, -0.15) is 0 Å². The van der Waals surface area contributed by atoms with Crippen LogP contribution >= 0.6 is 0 Å². The van der Waals surface area contributed by atoms with E-state index in [2.05, 4.69) is 40.1 Å². The van der Waals surface area contributed by atoms with E-state index in [1.807, 2.05) is 0 Å². The van der Waals surface area contributed by atoms with Crippen LogP contribution in [0.15, 0.2) is 0 Å². The van der Waals surface area contributed by atoms with E-state index in [0.717, 1.165) is 18.1 Å². The Bertz CT molecular complexity index is 47.0. The van der Waals surface area contributed by atoms with E-state index in [1.165, 1.54) is 0 Å². The van der Waals surface area contributed by atoms with Crippen LogP contribution in [0.3, 0.4) is 0 Å². The molecule has 0 radical (unpaired) electrons. The molecule has 1 nitrogen and oxygen atoms in total. The molecule has 1 atom stereocenters. The number of rotatable bonds is 2. The monoisotopic (exact) mass is 233 g/mol. The van der Waals surface area contributed by atoms with E-state index in [-0.39, 0.29) is 0 Å². The Morgan fingerprint density at radius 2 is 2.00 bits per heavy atom. The maximum atomic E-state index is 2.65. The SMILES string of the molecule is CC([Se][SeH])N(C)C. The number of hydrogen-bond donors (Lipinski definition) is 0. The molecule has 0 aromatic carbocycles. The molecule has 0 aliphatic heterocycles. The first kappa shape index (κ1) is 8.00. The molecule has 3 heteroatoms. The van der Waals surface area contributed by atoms with Crippen molar-refractivity contribution in [1.82, 2.24) is 4.90 Å². The molecule has 0 heterocycles. The van der Waals surface area contributed by atoms with E-state index in [9.17, 15) is 0 Å². The minimum absolute atomic E-state index is 0.719. The maximum absolute atomic E-state index is 2.65. The van der Waals surface area contributed by atoms with Gasteiger partial charge in [0.15, 0.2) is 0 Å². The van der Waals surface area contributed by atoms with E-state index in [0.29, 0.717) is 0 Å². The van der Waals surface area contributed by atoms with Crippen LogP contribution < -0.4 is 0 Å². The predicted octanol–water partition coefficient (Wildman–Crippen LogP) is -0.586. The van der Waals surface area contributed by atoms with Gasteiger partial charge in [0.1, 0.15) is 0 Å². The Morgan fingerprint density at radius 3 is 2.00 bits per heavy atom. The summed E-state index contributed by atoms with van der Waals surface area (Å²) in [6, 6.07) is 0. The van der Waals surface area contributed by atoms with Gasteiger partial charge in [0.25, 0.3) is 0 Å². The third-order valence-corrected chi connectivity index (χ3v) is 5.73. The summed E-state index contributed by atoms with van der Waals surface area (Å²) in [6.07, 6.45) is 0. The fraction of sp³-hybridized carbons (Fsp3) is 1.00. The van der Waals surface area contributed by atoms with Gasteiger partial charge >= 0.3 is 58.2 Å². The zero-order valence-electron chi connectivity index (χ0n) is 4.88. The van der Waals surface area contributed by atoms with Gasteiger partial charge in [-0.1, -0.05) is 0 Å². The molecule has 0 fully saturated rings. The molecule has 0 aliphatic rings. The minimum atomic E-state index is 0.719. The second-order valence-electron chi connectivity index (χ2n) is 1.67. The fourth-order valence-corrected chi connectivity index (χ4v) is 2.55. The molecule has 0 saturated carbocycles. The molecule has 0 rings (SSSR count). The van der Waals surface area contributed by atoms with Crippen molar-refractivity contribution in [1.29, 1.82) is 0 Å². The zero-order valence-corrected chi connectivity index (χ0v) is 8.47. The quantitative estimate of drug-likeness (QED) is 0.574. The molecule has 0 aromatic rings. The van der Waals surface area contributed by atoms with Crippen molar-refractivity contribution >= 4 is 27.3 Å². The first-order valence-electron chi connectivity index (χ1n) is 2.15. The Kier molecular flexibility index (Phi) is 4.50. The molecular weight excluding hydrogens is 220 g/mol. The molecule has 0 aromatic heterocycles. The van der Waals surface area contributed by atoms with Crippen LogP contribution in [0.4, 0.5) is 0 Å². The van der Waals surface area contributed by atoms with Crippen LogP contribution in [0.1, 0.15) is 6.92 Å². The second-order valence-corrected chi connectivity index (χ2v) is 5.84. The second kappa shape index (κ2) is 3.94. The molecule has 0 saturated heterocycles. The summed E-state index contributed by atoms with van der Waals surface area (Å²) in [5, 5.41) is 0. The van der Waals surface area contributed by atoms with Gasteiger partial charge in [0, 0.05) is 0 Å². The molecule has 7 heavy (non-hydrogen) atoms. The van der Waals surface area contributed by atoms with Crippen LogP contribution in [0, 0.1) is 0 Å². The van der Waals surface area contributed by atoms with Crippen molar-refractivity contribution in [2.45, 2.75) is 11.9 Å². The van der Waals surface area contributed by atoms with Crippen molar-refractivity contribution in [3.8, 4) is 0 Å². The third-order valence-electron chi connectivity index (χ3n) is 0.880. The topological polar surface area (TPSA) is 3.24 Å². The van der Waals surface area contributed by atoms with Crippen molar-refractivity contribution in [3.63, 3.8) is 0 Å². The van der Waals surface area contributed by atoms with Crippen molar-refractivity contribution in [3.05, 3.63) is 0 Å². The Hall–Kier alpha value is 0.999. The normalized spacial score (nSPS) is 15.0. The van der Waals surface area contributed by atoms with Crippen LogP contribution in [-0.2, 0) is 0 Å². The Balaban J connectivity index is 3.14. The summed E-state index contributed by atoms with van der Waals surface area (Å²) < 4.78 is 0. The first-order chi connectivity index (χ1) is 3.18. The third kappa shape index (κ3) is 3.57. The standard InChI is InChI=1S/C4H11NSe2/c1-4(7-6)5(2)3/h4,6H,1-3H3. The summed E-state index contributed by atoms with van der Waals surface area (Å²) in [4.78, 5) is 3.01. The molecule has 0 bridgehead atoms. The molecule has 44 valence electrons. The van der Waals surface area contributed by atoms with Gasteiger partial charge in [-0.15, -0.1) is 0 Å². The Morgan fingerprint density at radius 1 is 1.57 bits per heavy atom. The van der Waals surface area contributed by atoms with Gasteiger partial charge in [0.2, 0.25) is 0 Å². The van der Waals surface area contributed by atoms with Crippen LogP contribution in [0.25, 0.3) is 0 Å². The van der Waals surface area contributed by atoms with E-state index in [4.69, 9.17) is 0 Å². The van der Waals surface area contributed by atoms with Crippen molar-refractivity contribution < 1.29 is 0 Å².